The summed E-state index contributed by atoms with van der Waals surface area (Å²) in [5.41, 5.74) is 0.0996. The number of fused-ring (bicyclic) bond motifs is 1. The van der Waals surface area contributed by atoms with E-state index >= 15 is 0 Å². The number of imidazole rings is 1. The van der Waals surface area contributed by atoms with E-state index in [2.05, 4.69) is 16.9 Å². The molecule has 2 aromatic rings. The molecule has 6 nitrogen and oxygen atoms in total. The van der Waals surface area contributed by atoms with Crippen molar-refractivity contribution in [1.82, 2.24) is 19.1 Å². The molecule has 0 aromatic carbocycles. The third-order valence-electron chi connectivity index (χ3n) is 4.07. The maximum absolute atomic E-state index is 11.9. The van der Waals surface area contributed by atoms with Crippen molar-refractivity contribution in [2.24, 2.45) is 14.1 Å². The Morgan fingerprint density at radius 1 is 1.00 bits per heavy atom. The topological polar surface area (TPSA) is 72.7 Å². The molecule has 23 heavy (non-hydrogen) atoms. The molecule has 0 saturated carbocycles. The van der Waals surface area contributed by atoms with Crippen molar-refractivity contribution in [2.75, 3.05) is 5.75 Å². The van der Waals surface area contributed by atoms with Crippen LogP contribution in [-0.2, 0) is 14.1 Å². The van der Waals surface area contributed by atoms with E-state index in [-0.39, 0.29) is 5.56 Å². The zero-order valence-corrected chi connectivity index (χ0v) is 15.0. The van der Waals surface area contributed by atoms with Crippen LogP contribution in [0.25, 0.3) is 11.2 Å². The van der Waals surface area contributed by atoms with Gasteiger partial charge in [-0.25, -0.2) is 9.78 Å². The van der Waals surface area contributed by atoms with E-state index in [4.69, 9.17) is 0 Å². The molecule has 0 aliphatic heterocycles. The van der Waals surface area contributed by atoms with Crippen LogP contribution in [0.5, 0.6) is 0 Å². The summed E-state index contributed by atoms with van der Waals surface area (Å²) in [6.07, 6.45) is 8.95. The number of unbranched alkanes of at least 4 members (excludes halogenated alkanes) is 6. The second-order valence-electron chi connectivity index (χ2n) is 5.91. The zero-order chi connectivity index (χ0) is 16.8. The molecule has 128 valence electrons. The maximum atomic E-state index is 11.9. The number of nitrogens with one attached hydrogen (secondary N) is 1. The molecule has 2 rings (SSSR count). The lowest BCUT2D eigenvalue weighted by Gasteiger charge is -2.02. The fourth-order valence-corrected chi connectivity index (χ4v) is 3.61. The number of H-pyrrole nitrogens is 1. The van der Waals surface area contributed by atoms with Gasteiger partial charge in [0.15, 0.2) is 16.3 Å². The number of rotatable bonds is 9. The molecule has 0 radical (unpaired) electrons. The van der Waals surface area contributed by atoms with E-state index in [1.54, 1.807) is 23.4 Å². The Morgan fingerprint density at radius 2 is 1.65 bits per heavy atom. The molecule has 0 saturated heterocycles. The van der Waals surface area contributed by atoms with Crippen LogP contribution < -0.4 is 11.2 Å². The quantitative estimate of drug-likeness (QED) is 0.564. The van der Waals surface area contributed by atoms with Gasteiger partial charge in [-0.1, -0.05) is 57.2 Å². The van der Waals surface area contributed by atoms with Gasteiger partial charge in [-0.15, -0.1) is 0 Å². The highest BCUT2D eigenvalue weighted by atomic mass is 32.2. The van der Waals surface area contributed by atoms with Gasteiger partial charge >= 0.3 is 5.69 Å². The molecule has 0 aliphatic rings. The number of hydrogen-bond acceptors (Lipinski definition) is 4. The minimum atomic E-state index is -0.427. The number of thioether (sulfide) groups is 1. The molecular weight excluding hydrogens is 312 g/mol. The van der Waals surface area contributed by atoms with Gasteiger partial charge < -0.3 is 4.57 Å². The average molecular weight is 338 g/mol. The first kappa shape index (κ1) is 17.8. The van der Waals surface area contributed by atoms with Crippen LogP contribution >= 0.6 is 11.8 Å². The molecule has 1 N–H and O–H groups in total. The van der Waals surface area contributed by atoms with Crippen LogP contribution in [0.1, 0.15) is 51.9 Å². The molecule has 0 spiro atoms. The number of nitrogens with zero attached hydrogens (tertiary/aromatic N) is 3. The standard InChI is InChI=1S/C16H26N4O2S/c1-4-5-6-7-8-9-10-11-23-16-17-13-12(19(16)2)14(21)18-15(22)20(13)3/h4-11H2,1-3H3,(H,18,21,22). The highest BCUT2D eigenvalue weighted by molar-refractivity contribution is 7.99. The van der Waals surface area contributed by atoms with Crippen molar-refractivity contribution in [3.05, 3.63) is 20.8 Å². The summed E-state index contributed by atoms with van der Waals surface area (Å²) in [5.74, 6) is 0.983. The molecule has 2 heterocycles. The summed E-state index contributed by atoms with van der Waals surface area (Å²) in [7, 11) is 3.44. The molecule has 0 amide bonds. The Kier molecular flexibility index (Phi) is 6.50. The summed E-state index contributed by atoms with van der Waals surface area (Å²) >= 11 is 1.65. The largest absolute Gasteiger partial charge is 0.329 e. The molecule has 0 bridgehead atoms. The average Bonchev–Trinajstić information content (AvgIpc) is 2.85. The fourth-order valence-electron chi connectivity index (χ4n) is 2.64. The van der Waals surface area contributed by atoms with Gasteiger partial charge in [-0.05, 0) is 6.42 Å². The van der Waals surface area contributed by atoms with Crippen molar-refractivity contribution in [1.29, 1.82) is 0 Å². The van der Waals surface area contributed by atoms with Gasteiger partial charge in [0.05, 0.1) is 0 Å². The van der Waals surface area contributed by atoms with Crippen LogP contribution in [0.4, 0.5) is 0 Å². The number of aromatic nitrogens is 4. The van der Waals surface area contributed by atoms with Gasteiger partial charge in [-0.3, -0.25) is 14.3 Å². The predicted octanol–water partition coefficient (Wildman–Crippen LogP) is 2.80. The van der Waals surface area contributed by atoms with E-state index in [1.165, 1.54) is 43.1 Å². The van der Waals surface area contributed by atoms with E-state index in [0.29, 0.717) is 11.2 Å². The number of aryl methyl sites for hydroxylation is 2. The van der Waals surface area contributed by atoms with Crippen molar-refractivity contribution >= 4 is 22.9 Å². The van der Waals surface area contributed by atoms with Crippen molar-refractivity contribution < 1.29 is 0 Å². The highest BCUT2D eigenvalue weighted by Crippen LogP contribution is 2.21. The molecule has 0 atom stereocenters. The Morgan fingerprint density at radius 3 is 2.35 bits per heavy atom. The Bertz CT molecular complexity index is 760. The molecular formula is C16H26N4O2S. The van der Waals surface area contributed by atoms with Crippen LogP contribution in [0, 0.1) is 0 Å². The smallest absolute Gasteiger partial charge is 0.316 e. The summed E-state index contributed by atoms with van der Waals surface area (Å²) in [6, 6.07) is 0. The molecule has 0 unspecified atom stereocenters. The Hall–Kier alpha value is -1.50. The highest BCUT2D eigenvalue weighted by Gasteiger charge is 2.14. The van der Waals surface area contributed by atoms with Gasteiger partial charge in [0.2, 0.25) is 0 Å². The lowest BCUT2D eigenvalue weighted by Crippen LogP contribution is -2.29. The normalized spacial score (nSPS) is 11.4. The minimum Gasteiger partial charge on any atom is -0.316 e. The first-order valence-electron chi connectivity index (χ1n) is 8.34. The van der Waals surface area contributed by atoms with Crippen molar-refractivity contribution in [3.63, 3.8) is 0 Å². The van der Waals surface area contributed by atoms with Crippen LogP contribution in [0.2, 0.25) is 0 Å². The summed E-state index contributed by atoms with van der Waals surface area (Å²) in [4.78, 5) is 30.4. The van der Waals surface area contributed by atoms with E-state index in [9.17, 15) is 9.59 Å². The minimum absolute atomic E-state index is 0.374. The third kappa shape index (κ3) is 4.28. The van der Waals surface area contributed by atoms with E-state index < -0.39 is 5.69 Å². The van der Waals surface area contributed by atoms with Gasteiger partial charge in [-0.2, -0.15) is 0 Å². The summed E-state index contributed by atoms with van der Waals surface area (Å²) in [6.45, 7) is 2.23. The predicted molar refractivity (Wildman–Crippen MR) is 95.3 cm³/mol. The molecule has 7 heteroatoms. The fraction of sp³-hybridized carbons (Fsp3) is 0.688. The van der Waals surface area contributed by atoms with Crippen LogP contribution in [-0.4, -0.2) is 24.9 Å². The number of aromatic amines is 1. The second-order valence-corrected chi connectivity index (χ2v) is 6.98. The molecule has 0 aliphatic carbocycles. The van der Waals surface area contributed by atoms with Crippen LogP contribution in [0.3, 0.4) is 0 Å². The number of hydrogen-bond donors (Lipinski definition) is 1. The van der Waals surface area contributed by atoms with E-state index in [0.717, 1.165) is 17.3 Å². The van der Waals surface area contributed by atoms with Gasteiger partial charge in [0, 0.05) is 19.8 Å². The maximum Gasteiger partial charge on any atom is 0.329 e. The zero-order valence-electron chi connectivity index (χ0n) is 14.2. The Balaban J connectivity index is 1.93. The first-order chi connectivity index (χ1) is 11.1. The van der Waals surface area contributed by atoms with Crippen LogP contribution in [0.15, 0.2) is 14.7 Å². The monoisotopic (exact) mass is 338 g/mol. The molecule has 0 fully saturated rings. The summed E-state index contributed by atoms with van der Waals surface area (Å²) in [5, 5.41) is 0.790. The van der Waals surface area contributed by atoms with Gasteiger partial charge in [0.1, 0.15) is 0 Å². The summed E-state index contributed by atoms with van der Waals surface area (Å²) < 4.78 is 3.16. The SMILES string of the molecule is CCCCCCCCCSc1nc2c(c(=O)[nH]c(=O)n2C)n1C. The lowest BCUT2D eigenvalue weighted by molar-refractivity contribution is 0.603. The molecule has 2 aromatic heterocycles. The first-order valence-corrected chi connectivity index (χ1v) is 9.33. The lowest BCUT2D eigenvalue weighted by atomic mass is 10.1. The van der Waals surface area contributed by atoms with E-state index in [1.807, 2.05) is 7.05 Å². The third-order valence-corrected chi connectivity index (χ3v) is 5.19. The Labute approximate surface area is 140 Å². The second kappa shape index (κ2) is 8.38. The van der Waals surface area contributed by atoms with Gasteiger partial charge in [0.25, 0.3) is 5.56 Å². The van der Waals surface area contributed by atoms with Crippen molar-refractivity contribution in [2.45, 2.75) is 57.0 Å². The van der Waals surface area contributed by atoms with Crippen molar-refractivity contribution in [3.8, 4) is 0 Å².